The van der Waals surface area contributed by atoms with Gasteiger partial charge in [0.2, 0.25) is 0 Å². The molecule has 1 aromatic rings. The van der Waals surface area contributed by atoms with E-state index in [-0.39, 0.29) is 0 Å². The Labute approximate surface area is 109 Å². The van der Waals surface area contributed by atoms with Crippen molar-refractivity contribution in [3.05, 3.63) is 29.6 Å². The number of nitrogens with zero attached hydrogens (tertiary/aromatic N) is 1. The van der Waals surface area contributed by atoms with Crippen LogP contribution in [0.2, 0.25) is 0 Å². The molecule has 0 aliphatic heterocycles. The first-order valence-corrected chi connectivity index (χ1v) is 6.72. The smallest absolute Gasteiger partial charge is 0.109 e. The summed E-state index contributed by atoms with van der Waals surface area (Å²) in [7, 11) is 1.71. The molecule has 1 aromatic heterocycles. The van der Waals surface area contributed by atoms with Crippen molar-refractivity contribution in [3.63, 3.8) is 0 Å². The SMILES string of the molecule is COC1(C(O)c2cncc(C)c2)CCCC(C)C1. The van der Waals surface area contributed by atoms with Crippen molar-refractivity contribution in [3.8, 4) is 0 Å². The molecule has 3 heteroatoms. The fraction of sp³-hybridized carbons (Fsp3) is 0.667. The zero-order valence-electron chi connectivity index (χ0n) is 11.5. The molecule has 1 aliphatic carbocycles. The molecule has 0 amide bonds. The van der Waals surface area contributed by atoms with Crippen LogP contribution in [0.15, 0.2) is 18.5 Å². The minimum Gasteiger partial charge on any atom is -0.385 e. The van der Waals surface area contributed by atoms with Crippen LogP contribution in [-0.2, 0) is 4.74 Å². The van der Waals surface area contributed by atoms with E-state index in [1.165, 1.54) is 6.42 Å². The van der Waals surface area contributed by atoms with Crippen molar-refractivity contribution in [1.29, 1.82) is 0 Å². The number of aromatic nitrogens is 1. The van der Waals surface area contributed by atoms with Gasteiger partial charge in [0.15, 0.2) is 0 Å². The van der Waals surface area contributed by atoms with Crippen molar-refractivity contribution in [1.82, 2.24) is 4.98 Å². The minimum atomic E-state index is -0.586. The Balaban J connectivity index is 2.26. The van der Waals surface area contributed by atoms with Crippen LogP contribution in [0.25, 0.3) is 0 Å². The molecular weight excluding hydrogens is 226 g/mol. The first kappa shape index (κ1) is 13.5. The van der Waals surface area contributed by atoms with Gasteiger partial charge in [-0.15, -0.1) is 0 Å². The Morgan fingerprint density at radius 2 is 2.28 bits per heavy atom. The lowest BCUT2D eigenvalue weighted by atomic mass is 9.74. The number of rotatable bonds is 3. The number of aryl methyl sites for hydroxylation is 1. The average molecular weight is 249 g/mol. The quantitative estimate of drug-likeness (QED) is 0.895. The van der Waals surface area contributed by atoms with Gasteiger partial charge in [0.1, 0.15) is 6.10 Å². The monoisotopic (exact) mass is 249 g/mol. The van der Waals surface area contributed by atoms with Crippen molar-refractivity contribution >= 4 is 0 Å². The van der Waals surface area contributed by atoms with E-state index in [2.05, 4.69) is 11.9 Å². The third-order valence-corrected chi connectivity index (χ3v) is 4.11. The van der Waals surface area contributed by atoms with Gasteiger partial charge in [-0.3, -0.25) is 4.98 Å². The predicted octanol–water partition coefficient (Wildman–Crippen LogP) is 3.02. The summed E-state index contributed by atoms with van der Waals surface area (Å²) in [4.78, 5) is 4.17. The fourth-order valence-corrected chi connectivity index (χ4v) is 3.12. The van der Waals surface area contributed by atoms with Crippen LogP contribution >= 0.6 is 0 Å². The number of hydrogen-bond acceptors (Lipinski definition) is 3. The van der Waals surface area contributed by atoms with Crippen molar-refractivity contribution in [2.24, 2.45) is 5.92 Å². The summed E-state index contributed by atoms with van der Waals surface area (Å²) in [6, 6.07) is 2.00. The minimum absolute atomic E-state index is 0.437. The number of aliphatic hydroxyl groups excluding tert-OH is 1. The molecule has 0 saturated heterocycles. The van der Waals surface area contributed by atoms with Gasteiger partial charge in [0, 0.05) is 25.1 Å². The van der Waals surface area contributed by atoms with Crippen molar-refractivity contribution in [2.75, 3.05) is 7.11 Å². The summed E-state index contributed by atoms with van der Waals surface area (Å²) in [5.74, 6) is 0.603. The van der Waals surface area contributed by atoms with E-state index in [1.54, 1.807) is 19.5 Å². The largest absolute Gasteiger partial charge is 0.385 e. The maximum atomic E-state index is 10.7. The lowest BCUT2D eigenvalue weighted by molar-refractivity contribution is -0.134. The van der Waals surface area contributed by atoms with E-state index in [9.17, 15) is 5.11 Å². The topological polar surface area (TPSA) is 42.4 Å². The Morgan fingerprint density at radius 3 is 2.89 bits per heavy atom. The maximum absolute atomic E-state index is 10.7. The molecule has 1 aliphatic rings. The molecule has 2 rings (SSSR count). The standard InChI is InChI=1S/C15H23NO2/c1-11-5-4-6-15(8-11,18-3)14(17)13-7-12(2)9-16-10-13/h7,9-11,14,17H,4-6,8H2,1-3H3. The normalized spacial score (nSPS) is 30.1. The van der Waals surface area contributed by atoms with Crippen LogP contribution in [0.5, 0.6) is 0 Å². The highest BCUT2D eigenvalue weighted by Crippen LogP contribution is 2.43. The number of methoxy groups -OCH3 is 1. The molecular formula is C15H23NO2. The summed E-state index contributed by atoms with van der Waals surface area (Å²) in [6.07, 6.45) is 7.14. The fourth-order valence-electron chi connectivity index (χ4n) is 3.12. The lowest BCUT2D eigenvalue weighted by Crippen LogP contribution is -2.42. The van der Waals surface area contributed by atoms with Crippen LogP contribution in [0.1, 0.15) is 49.8 Å². The highest BCUT2D eigenvalue weighted by Gasteiger charge is 2.42. The molecule has 3 unspecified atom stereocenters. The molecule has 3 nitrogen and oxygen atoms in total. The highest BCUT2D eigenvalue weighted by molar-refractivity contribution is 5.22. The van der Waals surface area contributed by atoms with Gasteiger partial charge in [-0.2, -0.15) is 0 Å². The van der Waals surface area contributed by atoms with Gasteiger partial charge in [-0.1, -0.05) is 25.8 Å². The molecule has 0 bridgehead atoms. The van der Waals surface area contributed by atoms with Crippen LogP contribution in [-0.4, -0.2) is 22.8 Å². The third kappa shape index (κ3) is 2.57. The molecule has 1 saturated carbocycles. The Morgan fingerprint density at radius 1 is 1.50 bits per heavy atom. The van der Waals surface area contributed by atoms with Crippen LogP contribution < -0.4 is 0 Å². The molecule has 100 valence electrons. The first-order chi connectivity index (χ1) is 8.57. The molecule has 1 N–H and O–H groups in total. The summed E-state index contributed by atoms with van der Waals surface area (Å²) in [5, 5.41) is 10.7. The van der Waals surface area contributed by atoms with Gasteiger partial charge in [0.25, 0.3) is 0 Å². The van der Waals surface area contributed by atoms with Crippen molar-refractivity contribution in [2.45, 2.75) is 51.2 Å². The second kappa shape index (κ2) is 5.37. The summed E-state index contributed by atoms with van der Waals surface area (Å²) >= 11 is 0. The second-order valence-corrected chi connectivity index (χ2v) is 5.67. The molecule has 1 heterocycles. The van der Waals surface area contributed by atoms with E-state index in [1.807, 2.05) is 13.0 Å². The van der Waals surface area contributed by atoms with E-state index < -0.39 is 11.7 Å². The van der Waals surface area contributed by atoms with E-state index >= 15 is 0 Å². The Kier molecular flexibility index (Phi) is 4.03. The molecule has 18 heavy (non-hydrogen) atoms. The number of hydrogen-bond donors (Lipinski definition) is 1. The van der Waals surface area contributed by atoms with Gasteiger partial charge >= 0.3 is 0 Å². The third-order valence-electron chi connectivity index (χ3n) is 4.11. The average Bonchev–Trinajstić information content (AvgIpc) is 2.37. The van der Waals surface area contributed by atoms with Crippen molar-refractivity contribution < 1.29 is 9.84 Å². The predicted molar refractivity (Wildman–Crippen MR) is 71.3 cm³/mol. The Hall–Kier alpha value is -0.930. The number of pyridine rings is 1. The van der Waals surface area contributed by atoms with Crippen LogP contribution in [0, 0.1) is 12.8 Å². The number of ether oxygens (including phenoxy) is 1. The van der Waals surface area contributed by atoms with Gasteiger partial charge < -0.3 is 9.84 Å². The van der Waals surface area contributed by atoms with Gasteiger partial charge in [-0.05, 0) is 31.2 Å². The maximum Gasteiger partial charge on any atom is 0.109 e. The first-order valence-electron chi connectivity index (χ1n) is 6.72. The number of aliphatic hydroxyl groups is 1. The zero-order chi connectivity index (χ0) is 13.2. The zero-order valence-corrected chi connectivity index (χ0v) is 11.5. The Bertz CT molecular complexity index is 407. The molecule has 0 aromatic carbocycles. The summed E-state index contributed by atoms with van der Waals surface area (Å²) < 4.78 is 5.73. The second-order valence-electron chi connectivity index (χ2n) is 5.67. The summed E-state index contributed by atoms with van der Waals surface area (Å²) in [5.41, 5.74) is 1.50. The lowest BCUT2D eigenvalue weighted by Gasteiger charge is -2.42. The summed E-state index contributed by atoms with van der Waals surface area (Å²) in [6.45, 7) is 4.22. The van der Waals surface area contributed by atoms with Gasteiger partial charge in [0.05, 0.1) is 5.60 Å². The van der Waals surface area contributed by atoms with E-state index in [0.29, 0.717) is 5.92 Å². The molecule has 3 atom stereocenters. The van der Waals surface area contributed by atoms with E-state index in [4.69, 9.17) is 4.74 Å². The molecule has 0 spiro atoms. The molecule has 0 radical (unpaired) electrons. The van der Waals surface area contributed by atoms with Gasteiger partial charge in [-0.25, -0.2) is 0 Å². The molecule has 1 fully saturated rings. The highest BCUT2D eigenvalue weighted by atomic mass is 16.5. The van der Waals surface area contributed by atoms with E-state index in [0.717, 1.165) is 30.4 Å². The van der Waals surface area contributed by atoms with Crippen LogP contribution in [0.3, 0.4) is 0 Å². The van der Waals surface area contributed by atoms with Crippen LogP contribution in [0.4, 0.5) is 0 Å².